The number of nitrogens with zero attached hydrogens (tertiary/aromatic N) is 4. The lowest BCUT2D eigenvalue weighted by atomic mass is 10.1. The van der Waals surface area contributed by atoms with Gasteiger partial charge in [-0.1, -0.05) is 12.1 Å². The molecule has 0 aliphatic carbocycles. The summed E-state index contributed by atoms with van der Waals surface area (Å²) in [6.07, 6.45) is 3.65. The van der Waals surface area contributed by atoms with E-state index in [0.717, 1.165) is 17.0 Å². The first-order chi connectivity index (χ1) is 10.6. The highest BCUT2D eigenvalue weighted by Crippen LogP contribution is 2.20. The Morgan fingerprint density at radius 3 is 2.68 bits per heavy atom. The third kappa shape index (κ3) is 2.35. The molecule has 1 atom stereocenters. The summed E-state index contributed by atoms with van der Waals surface area (Å²) in [5.41, 5.74) is 2.97. The van der Waals surface area contributed by atoms with Gasteiger partial charge in [-0.15, -0.1) is 0 Å². The zero-order chi connectivity index (χ0) is 15.7. The van der Waals surface area contributed by atoms with Crippen molar-refractivity contribution in [3.63, 3.8) is 0 Å². The first-order valence-electron chi connectivity index (χ1n) is 7.21. The molecule has 112 valence electrons. The van der Waals surface area contributed by atoms with Gasteiger partial charge in [-0.2, -0.15) is 0 Å². The number of hydrogen-bond acceptors (Lipinski definition) is 3. The van der Waals surface area contributed by atoms with Crippen molar-refractivity contribution >= 4 is 11.6 Å². The summed E-state index contributed by atoms with van der Waals surface area (Å²) in [4.78, 5) is 23.2. The van der Waals surface area contributed by atoms with E-state index in [1.54, 1.807) is 18.1 Å². The smallest absolute Gasteiger partial charge is 0.274 e. The number of imidazole rings is 1. The van der Waals surface area contributed by atoms with Crippen LogP contribution in [0.25, 0.3) is 5.65 Å². The largest absolute Gasteiger partial charge is 0.332 e. The van der Waals surface area contributed by atoms with Crippen molar-refractivity contribution in [2.24, 2.45) is 0 Å². The normalized spacial score (nSPS) is 12.3. The van der Waals surface area contributed by atoms with Crippen LogP contribution in [0.4, 0.5) is 0 Å². The fraction of sp³-hybridized carbons (Fsp3) is 0.235. The minimum Gasteiger partial charge on any atom is -0.332 e. The number of aryl methyl sites for hydroxylation is 1. The molecule has 3 rings (SSSR count). The van der Waals surface area contributed by atoms with Crippen LogP contribution in [0.1, 0.15) is 34.8 Å². The average Bonchev–Trinajstić information content (AvgIpc) is 2.91. The Bertz CT molecular complexity index is 810. The molecule has 0 spiro atoms. The van der Waals surface area contributed by atoms with Gasteiger partial charge in [0.1, 0.15) is 11.3 Å². The van der Waals surface area contributed by atoms with E-state index in [9.17, 15) is 4.79 Å². The Morgan fingerprint density at radius 1 is 1.23 bits per heavy atom. The molecule has 0 aliphatic heterocycles. The molecule has 0 saturated carbocycles. The summed E-state index contributed by atoms with van der Waals surface area (Å²) in [7, 11) is 1.78. The fourth-order valence-corrected chi connectivity index (χ4v) is 2.49. The maximum Gasteiger partial charge on any atom is 0.274 e. The Morgan fingerprint density at radius 2 is 2.00 bits per heavy atom. The molecule has 0 saturated heterocycles. The molecule has 0 N–H and O–H groups in total. The van der Waals surface area contributed by atoms with Gasteiger partial charge in [0, 0.05) is 19.4 Å². The number of aromatic nitrogens is 3. The van der Waals surface area contributed by atoms with E-state index < -0.39 is 0 Å². The third-order valence-corrected chi connectivity index (χ3v) is 3.99. The minimum atomic E-state index is -0.113. The Hall–Kier alpha value is -2.69. The maximum atomic E-state index is 12.8. The van der Waals surface area contributed by atoms with Crippen LogP contribution in [0.3, 0.4) is 0 Å². The first kappa shape index (κ1) is 14.3. The molecule has 5 nitrogen and oxygen atoms in total. The minimum absolute atomic E-state index is 0.0978. The van der Waals surface area contributed by atoms with E-state index in [0.29, 0.717) is 5.69 Å². The van der Waals surface area contributed by atoms with Crippen molar-refractivity contribution in [3.05, 3.63) is 65.9 Å². The van der Waals surface area contributed by atoms with Crippen LogP contribution in [0, 0.1) is 6.92 Å². The third-order valence-electron chi connectivity index (χ3n) is 3.99. The molecule has 0 bridgehead atoms. The first-order valence-corrected chi connectivity index (χ1v) is 7.21. The van der Waals surface area contributed by atoms with Crippen molar-refractivity contribution in [3.8, 4) is 0 Å². The van der Waals surface area contributed by atoms with Gasteiger partial charge < -0.3 is 9.30 Å². The highest BCUT2D eigenvalue weighted by molar-refractivity contribution is 5.94. The Labute approximate surface area is 129 Å². The lowest BCUT2D eigenvalue weighted by Gasteiger charge is -2.24. The van der Waals surface area contributed by atoms with Crippen molar-refractivity contribution in [1.82, 2.24) is 19.3 Å². The monoisotopic (exact) mass is 294 g/mol. The van der Waals surface area contributed by atoms with Crippen LogP contribution in [-0.2, 0) is 0 Å². The predicted octanol–water partition coefficient (Wildman–Crippen LogP) is 2.87. The summed E-state index contributed by atoms with van der Waals surface area (Å²) in [5, 5.41) is 0. The highest BCUT2D eigenvalue weighted by atomic mass is 16.2. The van der Waals surface area contributed by atoms with E-state index in [1.165, 1.54) is 0 Å². The van der Waals surface area contributed by atoms with Gasteiger partial charge in [0.2, 0.25) is 0 Å². The van der Waals surface area contributed by atoms with Gasteiger partial charge in [-0.3, -0.25) is 9.78 Å². The molecule has 0 aromatic carbocycles. The maximum absolute atomic E-state index is 12.8. The summed E-state index contributed by atoms with van der Waals surface area (Å²) in [6, 6.07) is 11.3. The molecule has 3 aromatic rings. The average molecular weight is 294 g/mol. The summed E-state index contributed by atoms with van der Waals surface area (Å²) >= 11 is 0. The van der Waals surface area contributed by atoms with Crippen LogP contribution in [-0.4, -0.2) is 32.2 Å². The Kier molecular flexibility index (Phi) is 3.63. The Balaban J connectivity index is 1.93. The van der Waals surface area contributed by atoms with Crippen molar-refractivity contribution in [2.75, 3.05) is 7.05 Å². The van der Waals surface area contributed by atoms with Crippen molar-refractivity contribution in [1.29, 1.82) is 0 Å². The van der Waals surface area contributed by atoms with Crippen LogP contribution in [0.5, 0.6) is 0 Å². The van der Waals surface area contributed by atoms with Gasteiger partial charge in [0.15, 0.2) is 0 Å². The van der Waals surface area contributed by atoms with Crippen LogP contribution in [0.15, 0.2) is 48.8 Å². The molecular formula is C17H18N4O. The van der Waals surface area contributed by atoms with E-state index in [1.807, 2.05) is 60.8 Å². The number of fused-ring (bicyclic) bond motifs is 1. The molecule has 22 heavy (non-hydrogen) atoms. The number of carbonyl (C=O) groups excluding carboxylic acids is 1. The van der Waals surface area contributed by atoms with Crippen molar-refractivity contribution < 1.29 is 4.79 Å². The highest BCUT2D eigenvalue weighted by Gasteiger charge is 2.24. The predicted molar refractivity (Wildman–Crippen MR) is 84.7 cm³/mol. The van der Waals surface area contributed by atoms with Gasteiger partial charge >= 0.3 is 0 Å². The lowest BCUT2D eigenvalue weighted by Crippen LogP contribution is -2.30. The van der Waals surface area contributed by atoms with Crippen LogP contribution < -0.4 is 0 Å². The molecule has 3 heterocycles. The van der Waals surface area contributed by atoms with Gasteiger partial charge in [0.05, 0.1) is 17.4 Å². The van der Waals surface area contributed by atoms with E-state index >= 15 is 0 Å². The second-order valence-corrected chi connectivity index (χ2v) is 5.32. The molecule has 1 unspecified atom stereocenters. The molecular weight excluding hydrogens is 276 g/mol. The number of rotatable bonds is 3. The fourth-order valence-electron chi connectivity index (χ4n) is 2.49. The van der Waals surface area contributed by atoms with Crippen LogP contribution >= 0.6 is 0 Å². The second kappa shape index (κ2) is 5.60. The number of hydrogen-bond donors (Lipinski definition) is 0. The zero-order valence-electron chi connectivity index (χ0n) is 12.9. The molecule has 1 amide bonds. The SMILES string of the molecule is Cc1c(C(=O)N(C)C(C)c2ccccn2)nc2ccccn12. The molecule has 0 aliphatic rings. The summed E-state index contributed by atoms with van der Waals surface area (Å²) in [6.45, 7) is 3.87. The summed E-state index contributed by atoms with van der Waals surface area (Å²) < 4.78 is 1.92. The summed E-state index contributed by atoms with van der Waals surface area (Å²) in [5.74, 6) is -0.0978. The van der Waals surface area contributed by atoms with Gasteiger partial charge in [0.25, 0.3) is 5.91 Å². The molecule has 0 radical (unpaired) electrons. The number of carbonyl (C=O) groups is 1. The van der Waals surface area contributed by atoms with Crippen molar-refractivity contribution in [2.45, 2.75) is 19.9 Å². The number of amides is 1. The quantitative estimate of drug-likeness (QED) is 0.746. The van der Waals surface area contributed by atoms with E-state index in [2.05, 4.69) is 9.97 Å². The standard InChI is InChI=1S/C17H18N4O/c1-12(14-8-4-6-10-18-14)20(3)17(22)16-13(2)21-11-7-5-9-15(21)19-16/h4-12H,1-3H3. The lowest BCUT2D eigenvalue weighted by molar-refractivity contribution is 0.0733. The second-order valence-electron chi connectivity index (χ2n) is 5.32. The van der Waals surface area contributed by atoms with Crippen LogP contribution in [0.2, 0.25) is 0 Å². The van der Waals surface area contributed by atoms with Gasteiger partial charge in [-0.05, 0) is 38.1 Å². The molecule has 5 heteroatoms. The van der Waals surface area contributed by atoms with E-state index in [4.69, 9.17) is 0 Å². The topological polar surface area (TPSA) is 50.5 Å². The molecule has 3 aromatic heterocycles. The van der Waals surface area contributed by atoms with E-state index in [-0.39, 0.29) is 11.9 Å². The zero-order valence-corrected chi connectivity index (χ0v) is 12.9. The number of pyridine rings is 2. The van der Waals surface area contributed by atoms with Gasteiger partial charge in [-0.25, -0.2) is 4.98 Å². The molecule has 0 fully saturated rings.